The van der Waals surface area contributed by atoms with Crippen LogP contribution in [0.5, 0.6) is 0 Å². The quantitative estimate of drug-likeness (QED) is 0.819. The summed E-state index contributed by atoms with van der Waals surface area (Å²) in [5.41, 5.74) is 0. The molecule has 0 fully saturated rings. The minimum Gasteiger partial charge on any atom is -0.369 e. The maximum absolute atomic E-state index is 5.80. The number of hydrogen-bond acceptors (Lipinski definition) is 4. The lowest BCUT2D eigenvalue weighted by Crippen LogP contribution is -2.02. The van der Waals surface area contributed by atoms with Gasteiger partial charge in [-0.15, -0.1) is 11.3 Å². The van der Waals surface area contributed by atoms with E-state index in [1.165, 1.54) is 0 Å². The van der Waals surface area contributed by atoms with Crippen molar-refractivity contribution in [2.24, 2.45) is 0 Å². The van der Waals surface area contributed by atoms with Crippen molar-refractivity contribution >= 4 is 39.0 Å². The zero-order valence-corrected chi connectivity index (χ0v) is 9.32. The van der Waals surface area contributed by atoms with Crippen LogP contribution in [0.3, 0.4) is 0 Å². The van der Waals surface area contributed by atoms with Crippen LogP contribution >= 0.6 is 22.9 Å². The first-order valence-corrected chi connectivity index (χ1v) is 5.71. The van der Waals surface area contributed by atoms with Gasteiger partial charge in [-0.2, -0.15) is 0 Å². The van der Waals surface area contributed by atoms with E-state index in [9.17, 15) is 0 Å². The Morgan fingerprint density at radius 2 is 2.36 bits per heavy atom. The van der Waals surface area contributed by atoms with Gasteiger partial charge in [-0.1, -0.05) is 6.92 Å². The second-order valence-corrected chi connectivity index (χ2v) is 4.14. The third kappa shape index (κ3) is 1.81. The predicted octanol–water partition coefficient (Wildman–Crippen LogP) is 3.17. The molecule has 0 amide bonds. The van der Waals surface area contributed by atoms with E-state index in [2.05, 4.69) is 22.2 Å². The molecule has 2 aromatic heterocycles. The lowest BCUT2D eigenvalue weighted by Gasteiger charge is -2.04. The Labute approximate surface area is 91.1 Å². The first kappa shape index (κ1) is 9.68. The summed E-state index contributed by atoms with van der Waals surface area (Å²) < 4.78 is 0. The second kappa shape index (κ2) is 4.11. The highest BCUT2D eigenvalue weighted by atomic mass is 35.5. The molecular formula is C9H10ClN3S. The molecule has 0 aliphatic carbocycles. The Bertz CT molecular complexity index is 441. The van der Waals surface area contributed by atoms with E-state index in [-0.39, 0.29) is 0 Å². The molecular weight excluding hydrogens is 218 g/mol. The summed E-state index contributed by atoms with van der Waals surface area (Å²) in [5.74, 6) is 0.836. The van der Waals surface area contributed by atoms with E-state index in [1.54, 1.807) is 11.3 Å². The van der Waals surface area contributed by atoms with E-state index in [0.717, 1.165) is 29.0 Å². The fourth-order valence-corrected chi connectivity index (χ4v) is 2.19. The number of nitrogens with zero attached hydrogens (tertiary/aromatic N) is 2. The van der Waals surface area contributed by atoms with Gasteiger partial charge in [0, 0.05) is 6.54 Å². The first-order valence-electron chi connectivity index (χ1n) is 4.46. The molecule has 0 saturated carbocycles. The molecule has 1 N–H and O–H groups in total. The van der Waals surface area contributed by atoms with Crippen LogP contribution in [0.15, 0.2) is 11.4 Å². The Morgan fingerprint density at radius 3 is 3.14 bits per heavy atom. The number of fused-ring (bicyclic) bond motifs is 1. The van der Waals surface area contributed by atoms with Crippen LogP contribution in [-0.4, -0.2) is 16.5 Å². The van der Waals surface area contributed by atoms with E-state index in [0.29, 0.717) is 5.28 Å². The van der Waals surface area contributed by atoms with Gasteiger partial charge >= 0.3 is 0 Å². The normalized spacial score (nSPS) is 10.7. The minimum atomic E-state index is 0.304. The third-order valence-corrected chi connectivity index (χ3v) is 2.82. The van der Waals surface area contributed by atoms with Crippen LogP contribution in [0.25, 0.3) is 10.2 Å². The standard InChI is InChI=1S/C9H10ClN3S/c1-2-4-11-7-6-3-5-14-8(6)13-9(10)12-7/h3,5H,2,4H2,1H3,(H,11,12,13). The Kier molecular flexibility index (Phi) is 2.84. The molecule has 0 aromatic carbocycles. The van der Waals surface area contributed by atoms with Gasteiger partial charge in [0.15, 0.2) is 0 Å². The molecule has 0 saturated heterocycles. The van der Waals surface area contributed by atoms with Crippen LogP contribution in [-0.2, 0) is 0 Å². The molecule has 14 heavy (non-hydrogen) atoms. The van der Waals surface area contributed by atoms with E-state index in [4.69, 9.17) is 11.6 Å². The lowest BCUT2D eigenvalue weighted by atomic mass is 10.3. The molecule has 0 spiro atoms. The molecule has 0 radical (unpaired) electrons. The van der Waals surface area contributed by atoms with Crippen molar-refractivity contribution < 1.29 is 0 Å². The summed E-state index contributed by atoms with van der Waals surface area (Å²) in [6.45, 7) is 3.01. The Balaban J connectivity index is 2.44. The van der Waals surface area contributed by atoms with Gasteiger partial charge in [0.2, 0.25) is 5.28 Å². The molecule has 5 heteroatoms. The van der Waals surface area contributed by atoms with Crippen molar-refractivity contribution in [3.05, 3.63) is 16.7 Å². The summed E-state index contributed by atoms with van der Waals surface area (Å²) in [5, 5.41) is 6.58. The molecule has 2 heterocycles. The van der Waals surface area contributed by atoms with Crippen LogP contribution in [0, 0.1) is 0 Å². The molecule has 3 nitrogen and oxygen atoms in total. The van der Waals surface area contributed by atoms with Gasteiger partial charge in [0.25, 0.3) is 0 Å². The summed E-state index contributed by atoms with van der Waals surface area (Å²) in [4.78, 5) is 9.23. The SMILES string of the molecule is CCCNc1nc(Cl)nc2sccc12. The molecule has 2 aromatic rings. The molecule has 0 aliphatic heterocycles. The molecule has 2 rings (SSSR count). The number of halogens is 1. The Morgan fingerprint density at radius 1 is 1.50 bits per heavy atom. The highest BCUT2D eigenvalue weighted by Gasteiger charge is 2.06. The van der Waals surface area contributed by atoms with Gasteiger partial charge in [0.05, 0.1) is 5.39 Å². The lowest BCUT2D eigenvalue weighted by molar-refractivity contribution is 0.970. The van der Waals surface area contributed by atoms with Crippen molar-refractivity contribution in [2.75, 3.05) is 11.9 Å². The number of rotatable bonds is 3. The van der Waals surface area contributed by atoms with Crippen molar-refractivity contribution in [3.63, 3.8) is 0 Å². The molecule has 0 atom stereocenters. The number of thiophene rings is 1. The van der Waals surface area contributed by atoms with Gasteiger partial charge in [-0.05, 0) is 29.5 Å². The fourth-order valence-electron chi connectivity index (χ4n) is 1.21. The zero-order valence-electron chi connectivity index (χ0n) is 7.75. The number of aromatic nitrogens is 2. The van der Waals surface area contributed by atoms with Gasteiger partial charge in [-0.25, -0.2) is 9.97 Å². The van der Waals surface area contributed by atoms with E-state index < -0.39 is 0 Å². The topological polar surface area (TPSA) is 37.8 Å². The monoisotopic (exact) mass is 227 g/mol. The third-order valence-electron chi connectivity index (χ3n) is 1.84. The average molecular weight is 228 g/mol. The Hall–Kier alpha value is -0.870. The first-order chi connectivity index (χ1) is 6.81. The van der Waals surface area contributed by atoms with Crippen molar-refractivity contribution in [2.45, 2.75) is 13.3 Å². The predicted molar refractivity (Wildman–Crippen MR) is 61.2 cm³/mol. The van der Waals surface area contributed by atoms with Crippen molar-refractivity contribution in [3.8, 4) is 0 Å². The largest absolute Gasteiger partial charge is 0.369 e. The molecule has 0 unspecified atom stereocenters. The van der Waals surface area contributed by atoms with Crippen LogP contribution in [0.1, 0.15) is 13.3 Å². The van der Waals surface area contributed by atoms with Gasteiger partial charge in [0.1, 0.15) is 10.6 Å². The maximum Gasteiger partial charge on any atom is 0.225 e. The number of anilines is 1. The second-order valence-electron chi connectivity index (χ2n) is 2.91. The number of hydrogen-bond donors (Lipinski definition) is 1. The summed E-state index contributed by atoms with van der Waals surface area (Å²) in [7, 11) is 0. The summed E-state index contributed by atoms with van der Waals surface area (Å²) in [6.07, 6.45) is 1.06. The zero-order chi connectivity index (χ0) is 9.97. The summed E-state index contributed by atoms with van der Waals surface area (Å²) >= 11 is 7.38. The van der Waals surface area contributed by atoms with Crippen LogP contribution in [0.4, 0.5) is 5.82 Å². The summed E-state index contributed by atoms with van der Waals surface area (Å²) in [6, 6.07) is 2.01. The van der Waals surface area contributed by atoms with Crippen molar-refractivity contribution in [1.82, 2.24) is 9.97 Å². The highest BCUT2D eigenvalue weighted by Crippen LogP contribution is 2.26. The number of nitrogens with one attached hydrogen (secondary N) is 1. The van der Waals surface area contributed by atoms with Gasteiger partial charge < -0.3 is 5.32 Å². The fraction of sp³-hybridized carbons (Fsp3) is 0.333. The van der Waals surface area contributed by atoms with Crippen LogP contribution in [0.2, 0.25) is 5.28 Å². The van der Waals surface area contributed by atoms with E-state index >= 15 is 0 Å². The molecule has 0 aliphatic rings. The van der Waals surface area contributed by atoms with Gasteiger partial charge in [-0.3, -0.25) is 0 Å². The van der Waals surface area contributed by atoms with Crippen molar-refractivity contribution in [1.29, 1.82) is 0 Å². The smallest absolute Gasteiger partial charge is 0.225 e. The van der Waals surface area contributed by atoms with Crippen LogP contribution < -0.4 is 5.32 Å². The molecule has 0 bridgehead atoms. The maximum atomic E-state index is 5.80. The van der Waals surface area contributed by atoms with E-state index in [1.807, 2.05) is 11.4 Å². The highest BCUT2D eigenvalue weighted by molar-refractivity contribution is 7.16. The molecule has 74 valence electrons. The average Bonchev–Trinajstić information content (AvgIpc) is 2.61. The minimum absolute atomic E-state index is 0.304.